The molecule has 7 nitrogen and oxygen atoms in total. The van der Waals surface area contributed by atoms with Gasteiger partial charge >= 0.3 is 5.97 Å². The molecule has 0 atom stereocenters. The Hall–Kier alpha value is -3.19. The second-order valence-corrected chi connectivity index (χ2v) is 11.3. The lowest BCUT2D eigenvalue weighted by Crippen LogP contribution is -2.60. The van der Waals surface area contributed by atoms with Crippen LogP contribution >= 0.6 is 0 Å². The number of anilines is 1. The van der Waals surface area contributed by atoms with Crippen molar-refractivity contribution in [1.29, 1.82) is 0 Å². The summed E-state index contributed by atoms with van der Waals surface area (Å²) < 4.78 is 0. The largest absolute Gasteiger partial charge is 0.478 e. The number of hydrogen-bond acceptors (Lipinski definition) is 5. The van der Waals surface area contributed by atoms with Crippen molar-refractivity contribution in [1.82, 2.24) is 14.9 Å². The van der Waals surface area contributed by atoms with Crippen molar-refractivity contribution < 1.29 is 14.7 Å². The van der Waals surface area contributed by atoms with Gasteiger partial charge in [0.25, 0.3) is 0 Å². The summed E-state index contributed by atoms with van der Waals surface area (Å²) in [5, 5.41) is 10.2. The van der Waals surface area contributed by atoms with E-state index in [0.717, 1.165) is 48.6 Å². The van der Waals surface area contributed by atoms with Gasteiger partial charge in [0.15, 0.2) is 5.78 Å². The lowest BCUT2D eigenvalue weighted by molar-refractivity contribution is 0.00371. The lowest BCUT2D eigenvalue weighted by Gasteiger charge is -2.53. The third-order valence-electron chi connectivity index (χ3n) is 8.98. The van der Waals surface area contributed by atoms with Crippen LogP contribution in [0.3, 0.4) is 0 Å². The van der Waals surface area contributed by atoms with Crippen LogP contribution in [0.5, 0.6) is 0 Å². The van der Waals surface area contributed by atoms with Crippen LogP contribution in [0.4, 0.5) is 5.82 Å². The monoisotopic (exact) mass is 486 g/mol. The average molecular weight is 487 g/mol. The van der Waals surface area contributed by atoms with Crippen LogP contribution in [0.25, 0.3) is 10.9 Å². The summed E-state index contributed by atoms with van der Waals surface area (Å²) >= 11 is 0. The van der Waals surface area contributed by atoms with Crippen molar-refractivity contribution >= 4 is 28.5 Å². The number of carbonyl (C=O) groups excluding carboxylic acids is 1. The summed E-state index contributed by atoms with van der Waals surface area (Å²) in [5.74, 6) is -0.102. The number of nitrogens with one attached hydrogen (secondary N) is 1. The molecule has 1 aliphatic heterocycles. The maximum absolute atomic E-state index is 13.6. The molecular weight excluding hydrogens is 452 g/mol. The van der Waals surface area contributed by atoms with Crippen LogP contribution in [-0.4, -0.2) is 63.4 Å². The maximum atomic E-state index is 13.6. The molecule has 0 bridgehead atoms. The van der Waals surface area contributed by atoms with Gasteiger partial charge in [-0.3, -0.25) is 9.69 Å². The van der Waals surface area contributed by atoms with Crippen molar-refractivity contribution in [2.24, 2.45) is 0 Å². The molecule has 0 amide bonds. The molecule has 3 aromatic rings. The van der Waals surface area contributed by atoms with Crippen LogP contribution in [0.1, 0.15) is 90.4 Å². The van der Waals surface area contributed by atoms with Gasteiger partial charge in [-0.1, -0.05) is 33.3 Å². The number of carboxylic acid groups (broad SMARTS) is 1. The Labute approximate surface area is 211 Å². The third kappa shape index (κ3) is 3.32. The van der Waals surface area contributed by atoms with Crippen molar-refractivity contribution in [3.63, 3.8) is 0 Å². The van der Waals surface area contributed by atoms with Crippen LogP contribution in [-0.2, 0) is 5.41 Å². The molecule has 2 fully saturated rings. The molecule has 3 aliphatic rings. The molecular formula is C29H34N4O3. The molecule has 3 heterocycles. The van der Waals surface area contributed by atoms with Gasteiger partial charge in [-0.05, 0) is 49.4 Å². The fraction of sp³-hybridized carbons (Fsp3) is 0.483. The minimum Gasteiger partial charge on any atom is -0.478 e. The van der Waals surface area contributed by atoms with E-state index in [1.807, 2.05) is 0 Å². The van der Waals surface area contributed by atoms with Gasteiger partial charge < -0.3 is 15.0 Å². The highest BCUT2D eigenvalue weighted by atomic mass is 16.4. The van der Waals surface area contributed by atoms with Crippen LogP contribution in [0.2, 0.25) is 0 Å². The molecule has 1 saturated carbocycles. The quantitative estimate of drug-likeness (QED) is 0.529. The van der Waals surface area contributed by atoms with Gasteiger partial charge in [0, 0.05) is 65.5 Å². The molecule has 0 spiro atoms. The maximum Gasteiger partial charge on any atom is 0.335 e. The summed E-state index contributed by atoms with van der Waals surface area (Å²) in [5.41, 5.74) is 3.93. The first-order valence-corrected chi connectivity index (χ1v) is 13.2. The summed E-state index contributed by atoms with van der Waals surface area (Å²) in [6.45, 7) is 10.5. The molecule has 1 saturated heterocycles. The Bertz CT molecular complexity index is 1380. The number of H-pyrrole nitrogens is 1. The Balaban J connectivity index is 1.31. The van der Waals surface area contributed by atoms with Crippen molar-refractivity contribution in [2.45, 2.75) is 63.8 Å². The molecule has 188 valence electrons. The summed E-state index contributed by atoms with van der Waals surface area (Å²) in [6.07, 6.45) is 8.29. The number of ketones is 1. The minimum atomic E-state index is -0.981. The number of rotatable bonds is 5. The smallest absolute Gasteiger partial charge is 0.335 e. The Morgan fingerprint density at radius 3 is 2.53 bits per heavy atom. The molecule has 1 aromatic carbocycles. The molecule has 36 heavy (non-hydrogen) atoms. The number of aromatic carboxylic acids is 1. The topological polar surface area (TPSA) is 89.5 Å². The van der Waals surface area contributed by atoms with Gasteiger partial charge in [-0.2, -0.15) is 0 Å². The van der Waals surface area contributed by atoms with Gasteiger partial charge in [-0.25, -0.2) is 9.78 Å². The number of hydrogen-bond donors (Lipinski definition) is 2. The predicted molar refractivity (Wildman–Crippen MR) is 140 cm³/mol. The molecule has 2 aliphatic carbocycles. The van der Waals surface area contributed by atoms with E-state index in [9.17, 15) is 14.7 Å². The zero-order chi connectivity index (χ0) is 25.2. The number of nitrogens with zero attached hydrogens (tertiary/aromatic N) is 3. The highest BCUT2D eigenvalue weighted by Gasteiger charge is 2.43. The molecule has 6 rings (SSSR count). The Morgan fingerprint density at radius 2 is 1.89 bits per heavy atom. The molecule has 2 aromatic heterocycles. The van der Waals surface area contributed by atoms with Gasteiger partial charge in [-0.15, -0.1) is 0 Å². The fourth-order valence-electron chi connectivity index (χ4n) is 6.80. The standard InChI is InChI=1S/C29H34N4O3/c1-4-8-29(9-5-10-29)33-13-11-32(12-14-33)23-16-21-20(17-30-23)25(34)24-19-7-6-18(27(35)36)15-22(19)31-26(24)28(21,2)3/h6-7,15-17,31H,4-5,8-14H2,1-3H3,(H,35,36). The van der Waals surface area contributed by atoms with E-state index in [0.29, 0.717) is 22.2 Å². The lowest BCUT2D eigenvalue weighted by atomic mass is 9.71. The first kappa shape index (κ1) is 23.2. The van der Waals surface area contributed by atoms with Crippen LogP contribution in [0, 0.1) is 0 Å². The van der Waals surface area contributed by atoms with E-state index < -0.39 is 11.4 Å². The number of aromatic amines is 1. The van der Waals surface area contributed by atoms with E-state index in [-0.39, 0.29) is 11.3 Å². The second-order valence-electron chi connectivity index (χ2n) is 11.3. The number of pyridine rings is 1. The zero-order valence-electron chi connectivity index (χ0n) is 21.4. The van der Waals surface area contributed by atoms with Crippen LogP contribution < -0.4 is 4.90 Å². The number of carboxylic acids is 1. The second kappa shape index (κ2) is 8.17. The fourth-order valence-corrected chi connectivity index (χ4v) is 6.80. The predicted octanol–water partition coefficient (Wildman–Crippen LogP) is 4.98. The minimum absolute atomic E-state index is 0.0518. The van der Waals surface area contributed by atoms with E-state index >= 15 is 0 Å². The molecule has 2 N–H and O–H groups in total. The molecule has 0 radical (unpaired) electrons. The average Bonchev–Trinajstić information content (AvgIpc) is 3.25. The molecule has 7 heteroatoms. The number of carbonyl (C=O) groups is 2. The first-order valence-electron chi connectivity index (χ1n) is 13.2. The van der Waals surface area contributed by atoms with Gasteiger partial charge in [0.2, 0.25) is 0 Å². The highest BCUT2D eigenvalue weighted by molar-refractivity contribution is 6.20. The number of benzene rings is 1. The Kier molecular flexibility index (Phi) is 5.27. The van der Waals surface area contributed by atoms with Crippen molar-refractivity contribution in [3.05, 3.63) is 58.4 Å². The number of aromatic nitrogens is 2. The molecule has 0 unspecified atom stereocenters. The number of piperazine rings is 1. The highest BCUT2D eigenvalue weighted by Crippen LogP contribution is 2.45. The van der Waals surface area contributed by atoms with Gasteiger partial charge in [0.05, 0.1) is 11.1 Å². The summed E-state index contributed by atoms with van der Waals surface area (Å²) in [6, 6.07) is 7.01. The normalized spacial score (nSPS) is 20.6. The van der Waals surface area contributed by atoms with E-state index in [4.69, 9.17) is 4.98 Å². The van der Waals surface area contributed by atoms with Crippen molar-refractivity contribution in [3.8, 4) is 0 Å². The SMILES string of the molecule is CCCC1(N2CCN(c3cc4c(cn3)C(=O)c3c([nH]c5cc(C(=O)O)ccc35)C4(C)C)CC2)CCC1. The zero-order valence-corrected chi connectivity index (χ0v) is 21.4. The Morgan fingerprint density at radius 1 is 1.14 bits per heavy atom. The first-order chi connectivity index (χ1) is 17.2. The van der Waals surface area contributed by atoms with E-state index in [1.165, 1.54) is 32.1 Å². The van der Waals surface area contributed by atoms with E-state index in [2.05, 4.69) is 41.6 Å². The summed E-state index contributed by atoms with van der Waals surface area (Å²) in [7, 11) is 0. The van der Waals surface area contributed by atoms with Crippen molar-refractivity contribution in [2.75, 3.05) is 31.1 Å². The van der Waals surface area contributed by atoms with Crippen LogP contribution in [0.15, 0.2) is 30.5 Å². The number of fused-ring (bicyclic) bond motifs is 4. The summed E-state index contributed by atoms with van der Waals surface area (Å²) in [4.78, 5) is 38.3. The van der Waals surface area contributed by atoms with E-state index in [1.54, 1.807) is 24.4 Å². The third-order valence-corrected chi connectivity index (χ3v) is 8.98. The van der Waals surface area contributed by atoms with Gasteiger partial charge in [0.1, 0.15) is 5.82 Å².